The van der Waals surface area contributed by atoms with E-state index in [1.54, 1.807) is 5.57 Å². The second-order valence-corrected chi connectivity index (χ2v) is 9.87. The van der Waals surface area contributed by atoms with Crippen LogP contribution in [0.3, 0.4) is 0 Å². The lowest BCUT2D eigenvalue weighted by Gasteiger charge is -2.57. The molecule has 1 fully saturated rings. The van der Waals surface area contributed by atoms with Gasteiger partial charge in [0.05, 0.1) is 11.3 Å². The zero-order chi connectivity index (χ0) is 18.0. The zero-order valence-corrected chi connectivity index (χ0v) is 16.3. The number of aromatic amines is 1. The zero-order valence-electron chi connectivity index (χ0n) is 16.3. The summed E-state index contributed by atoms with van der Waals surface area (Å²) in [6, 6.07) is 0. The van der Waals surface area contributed by atoms with Gasteiger partial charge >= 0.3 is 0 Å². The van der Waals surface area contributed by atoms with E-state index >= 15 is 0 Å². The Morgan fingerprint density at radius 2 is 2.12 bits per heavy atom. The first kappa shape index (κ1) is 17.0. The van der Waals surface area contributed by atoms with Crippen molar-refractivity contribution in [1.82, 2.24) is 14.9 Å². The number of nitrogens with one attached hydrogen (secondary N) is 1. The summed E-state index contributed by atoms with van der Waals surface area (Å²) < 4.78 is 0. The van der Waals surface area contributed by atoms with E-state index in [9.17, 15) is 4.79 Å². The van der Waals surface area contributed by atoms with Crippen LogP contribution in [-0.4, -0.2) is 28.0 Å². The predicted octanol–water partition coefficient (Wildman–Crippen LogP) is 3.42. The van der Waals surface area contributed by atoms with E-state index in [0.717, 1.165) is 55.0 Å². The Morgan fingerprint density at radius 3 is 2.76 bits per heavy atom. The molecule has 2 bridgehead atoms. The smallest absolute Gasteiger partial charge is 0.255 e. The van der Waals surface area contributed by atoms with Crippen molar-refractivity contribution < 1.29 is 0 Å². The first-order valence-corrected chi connectivity index (χ1v) is 9.70. The summed E-state index contributed by atoms with van der Waals surface area (Å²) >= 11 is 0. The van der Waals surface area contributed by atoms with E-state index in [-0.39, 0.29) is 11.0 Å². The molecule has 0 amide bonds. The van der Waals surface area contributed by atoms with E-state index in [0.29, 0.717) is 5.41 Å². The summed E-state index contributed by atoms with van der Waals surface area (Å²) in [7, 11) is 0. The lowest BCUT2D eigenvalue weighted by Crippen LogP contribution is -2.50. The van der Waals surface area contributed by atoms with E-state index in [2.05, 4.69) is 50.6 Å². The van der Waals surface area contributed by atoms with Crippen LogP contribution >= 0.6 is 0 Å². The minimum absolute atomic E-state index is 0.0567. The van der Waals surface area contributed by atoms with Gasteiger partial charge in [-0.25, -0.2) is 4.98 Å². The Bertz CT molecular complexity index is 781. The maximum Gasteiger partial charge on any atom is 0.255 e. The highest BCUT2D eigenvalue weighted by Crippen LogP contribution is 2.59. The molecule has 25 heavy (non-hydrogen) atoms. The van der Waals surface area contributed by atoms with Gasteiger partial charge in [0.2, 0.25) is 0 Å². The van der Waals surface area contributed by atoms with Gasteiger partial charge in [-0.15, -0.1) is 0 Å². The predicted molar refractivity (Wildman–Crippen MR) is 101 cm³/mol. The second kappa shape index (κ2) is 5.54. The third-order valence-corrected chi connectivity index (χ3v) is 6.85. The van der Waals surface area contributed by atoms with E-state index in [1.165, 1.54) is 12.8 Å². The molecule has 0 saturated heterocycles. The van der Waals surface area contributed by atoms with Crippen LogP contribution in [0.5, 0.6) is 0 Å². The summed E-state index contributed by atoms with van der Waals surface area (Å²) in [5.74, 6) is 2.43. The number of fused-ring (bicyclic) bond motifs is 2. The average molecular weight is 341 g/mol. The van der Waals surface area contributed by atoms with Crippen LogP contribution < -0.4 is 5.56 Å². The normalized spacial score (nSPS) is 28.1. The van der Waals surface area contributed by atoms with Crippen molar-refractivity contribution in [3.05, 3.63) is 39.1 Å². The summed E-state index contributed by atoms with van der Waals surface area (Å²) in [5.41, 5.74) is 3.89. The fourth-order valence-electron chi connectivity index (χ4n) is 4.89. The molecule has 2 atom stereocenters. The Kier molecular flexibility index (Phi) is 3.77. The molecule has 4 nitrogen and oxygen atoms in total. The van der Waals surface area contributed by atoms with Gasteiger partial charge in [0, 0.05) is 31.5 Å². The van der Waals surface area contributed by atoms with Gasteiger partial charge in [-0.3, -0.25) is 9.69 Å². The monoisotopic (exact) mass is 341 g/mol. The fraction of sp³-hybridized carbons (Fsp3) is 0.714. The Morgan fingerprint density at radius 1 is 1.36 bits per heavy atom. The van der Waals surface area contributed by atoms with Crippen LogP contribution in [0.4, 0.5) is 0 Å². The molecule has 2 unspecified atom stereocenters. The van der Waals surface area contributed by atoms with E-state index < -0.39 is 0 Å². The molecule has 1 aliphatic heterocycles. The molecular formula is C21H31N3O. The minimum atomic E-state index is -0.120. The van der Waals surface area contributed by atoms with Gasteiger partial charge in [0.15, 0.2) is 0 Å². The fourth-order valence-corrected chi connectivity index (χ4v) is 4.89. The quantitative estimate of drug-likeness (QED) is 0.839. The minimum Gasteiger partial charge on any atom is -0.310 e. The molecule has 3 aliphatic carbocycles. The summed E-state index contributed by atoms with van der Waals surface area (Å²) in [4.78, 5) is 22.8. The summed E-state index contributed by atoms with van der Waals surface area (Å²) in [6.07, 6.45) is 5.96. The molecule has 0 radical (unpaired) electrons. The van der Waals surface area contributed by atoms with Crippen LogP contribution in [0.25, 0.3) is 0 Å². The standard InChI is InChI=1S/C21H31N3O/c1-20(2,3)19-22-17-8-9-24(12-15(17)18(25)23-19)11-13-6-7-14-10-16(13)21(14,4)5/h6,14,16H,7-12H2,1-5H3,(H,22,23,25). The van der Waals surface area contributed by atoms with Crippen LogP contribution in [0.1, 0.15) is 64.5 Å². The molecule has 4 heteroatoms. The van der Waals surface area contributed by atoms with Crippen LogP contribution in [0.2, 0.25) is 0 Å². The maximum absolute atomic E-state index is 12.6. The molecule has 0 spiro atoms. The van der Waals surface area contributed by atoms with Gasteiger partial charge in [0.25, 0.3) is 5.56 Å². The largest absolute Gasteiger partial charge is 0.310 e. The Hall–Kier alpha value is -1.42. The third kappa shape index (κ3) is 2.79. The number of rotatable bonds is 2. The van der Waals surface area contributed by atoms with Crippen LogP contribution in [-0.2, 0) is 18.4 Å². The first-order chi connectivity index (χ1) is 11.7. The van der Waals surface area contributed by atoms with E-state index in [1.807, 2.05) is 0 Å². The Labute approximate surface area is 150 Å². The second-order valence-electron chi connectivity index (χ2n) is 9.87. The molecule has 1 N–H and O–H groups in total. The highest BCUT2D eigenvalue weighted by atomic mass is 16.1. The van der Waals surface area contributed by atoms with Crippen molar-refractivity contribution in [3.8, 4) is 0 Å². The van der Waals surface area contributed by atoms with Crippen molar-refractivity contribution in [2.75, 3.05) is 13.1 Å². The summed E-state index contributed by atoms with van der Waals surface area (Å²) in [5, 5.41) is 0. The van der Waals surface area contributed by atoms with Crippen molar-refractivity contribution in [1.29, 1.82) is 0 Å². The number of allylic oxidation sites excluding steroid dienone is 1. The van der Waals surface area contributed by atoms with E-state index in [4.69, 9.17) is 4.98 Å². The first-order valence-electron chi connectivity index (χ1n) is 9.70. The molecule has 1 aromatic heterocycles. The van der Waals surface area contributed by atoms with Gasteiger partial charge in [-0.2, -0.15) is 0 Å². The molecule has 1 aromatic rings. The molecule has 136 valence electrons. The van der Waals surface area contributed by atoms with Gasteiger partial charge < -0.3 is 4.98 Å². The van der Waals surface area contributed by atoms with Crippen LogP contribution in [0.15, 0.2) is 16.4 Å². The van der Waals surface area contributed by atoms with Crippen LogP contribution in [0, 0.1) is 17.3 Å². The highest BCUT2D eigenvalue weighted by Gasteiger charge is 2.51. The molecular weight excluding hydrogens is 310 g/mol. The van der Waals surface area contributed by atoms with Gasteiger partial charge in [-0.05, 0) is 30.1 Å². The lowest BCUT2D eigenvalue weighted by molar-refractivity contribution is -0.0110. The number of aromatic nitrogens is 2. The van der Waals surface area contributed by atoms with Gasteiger partial charge in [0.1, 0.15) is 5.82 Å². The lowest BCUT2D eigenvalue weighted by atomic mass is 9.49. The Balaban J connectivity index is 1.52. The van der Waals surface area contributed by atoms with Crippen molar-refractivity contribution in [3.63, 3.8) is 0 Å². The summed E-state index contributed by atoms with van der Waals surface area (Å²) in [6.45, 7) is 13.9. The maximum atomic E-state index is 12.6. The molecule has 0 aromatic carbocycles. The number of hydrogen-bond acceptors (Lipinski definition) is 3. The number of hydrogen-bond donors (Lipinski definition) is 1. The number of nitrogens with zero attached hydrogens (tertiary/aromatic N) is 2. The third-order valence-electron chi connectivity index (χ3n) is 6.85. The SMILES string of the molecule is CC(C)(C)c1nc2c(c(=O)[nH]1)CN(CC1=CCC3CC1C3(C)C)CC2. The van der Waals surface area contributed by atoms with Crippen molar-refractivity contribution >= 4 is 0 Å². The molecule has 4 aliphatic rings. The molecule has 1 saturated carbocycles. The topological polar surface area (TPSA) is 49.0 Å². The molecule has 2 heterocycles. The van der Waals surface area contributed by atoms with Crippen molar-refractivity contribution in [2.24, 2.45) is 17.3 Å². The number of H-pyrrole nitrogens is 1. The highest BCUT2D eigenvalue weighted by molar-refractivity contribution is 5.27. The van der Waals surface area contributed by atoms with Gasteiger partial charge in [-0.1, -0.05) is 46.3 Å². The molecule has 5 rings (SSSR count). The average Bonchev–Trinajstić information content (AvgIpc) is 2.54. The van der Waals surface area contributed by atoms with Crippen molar-refractivity contribution in [2.45, 2.75) is 65.8 Å².